The highest BCUT2D eigenvalue weighted by molar-refractivity contribution is 7.84. The van der Waals surface area contributed by atoms with Gasteiger partial charge in [0.25, 0.3) is 0 Å². The molecule has 4 N–H and O–H groups in total. The second kappa shape index (κ2) is 8.55. The van der Waals surface area contributed by atoms with Crippen molar-refractivity contribution in [3.05, 3.63) is 29.3 Å². The van der Waals surface area contributed by atoms with Crippen LogP contribution in [0.3, 0.4) is 0 Å². The van der Waals surface area contributed by atoms with Gasteiger partial charge < -0.3 is 21.0 Å². The van der Waals surface area contributed by atoms with Crippen molar-refractivity contribution in [1.29, 1.82) is 0 Å². The third-order valence-corrected chi connectivity index (χ3v) is 4.11. The van der Waals surface area contributed by atoms with Gasteiger partial charge in [-0.05, 0) is 17.7 Å². The third kappa shape index (κ3) is 4.82. The predicted octanol–water partition coefficient (Wildman–Crippen LogP) is 0.648. The molecule has 0 saturated carbocycles. The summed E-state index contributed by atoms with van der Waals surface area (Å²) in [5, 5.41) is 15.0. The van der Waals surface area contributed by atoms with Gasteiger partial charge in [-0.1, -0.05) is 18.1 Å². The largest absolute Gasteiger partial charge is 0.496 e. The van der Waals surface area contributed by atoms with Crippen molar-refractivity contribution in [3.8, 4) is 5.75 Å². The van der Waals surface area contributed by atoms with Crippen LogP contribution < -0.4 is 15.8 Å². The number of benzene rings is 1. The number of hydrogen-bond donors (Lipinski definition) is 3. The van der Waals surface area contributed by atoms with Crippen molar-refractivity contribution in [2.45, 2.75) is 13.5 Å². The number of ether oxygens (including phenoxy) is 1. The molecule has 7 heteroatoms. The van der Waals surface area contributed by atoms with Gasteiger partial charge in [0.1, 0.15) is 5.75 Å². The van der Waals surface area contributed by atoms with Gasteiger partial charge in [0.2, 0.25) is 0 Å². The van der Waals surface area contributed by atoms with Gasteiger partial charge >= 0.3 is 0 Å². The van der Waals surface area contributed by atoms with E-state index < -0.39 is 10.8 Å². The summed E-state index contributed by atoms with van der Waals surface area (Å²) in [4.78, 5) is 0. The summed E-state index contributed by atoms with van der Waals surface area (Å²) in [5.41, 5.74) is 7.14. The standard InChI is InChI=1S/C13H21N3O3S/c1-3-20(18)7-6-15-9-10-4-5-12(19-2)11(8-10)13(14)16-17/h4-5,8,15,17H,3,6-7,9H2,1-2H3,(H2,14,16). The molecule has 1 aromatic rings. The Balaban J connectivity index is 2.65. The third-order valence-electron chi connectivity index (χ3n) is 2.81. The van der Waals surface area contributed by atoms with Crippen LogP contribution in [0.5, 0.6) is 5.75 Å². The van der Waals surface area contributed by atoms with Crippen LogP contribution in [0.1, 0.15) is 18.1 Å². The first-order valence-electron chi connectivity index (χ1n) is 6.32. The van der Waals surface area contributed by atoms with Gasteiger partial charge in [-0.2, -0.15) is 0 Å². The Kier molecular flexibility index (Phi) is 7.03. The molecule has 0 aliphatic rings. The smallest absolute Gasteiger partial charge is 0.173 e. The quantitative estimate of drug-likeness (QED) is 0.215. The fourth-order valence-electron chi connectivity index (χ4n) is 1.68. The Morgan fingerprint density at radius 1 is 1.55 bits per heavy atom. The molecule has 6 nitrogen and oxygen atoms in total. The van der Waals surface area contributed by atoms with Gasteiger partial charge in [0.05, 0.1) is 12.7 Å². The minimum Gasteiger partial charge on any atom is -0.496 e. The minimum absolute atomic E-state index is 0.00999. The molecule has 0 heterocycles. The molecule has 1 atom stereocenters. The monoisotopic (exact) mass is 299 g/mol. The average Bonchev–Trinajstić information content (AvgIpc) is 2.50. The molecule has 0 aromatic heterocycles. The normalized spacial score (nSPS) is 13.2. The Morgan fingerprint density at radius 3 is 2.90 bits per heavy atom. The molecule has 0 fully saturated rings. The molecule has 0 saturated heterocycles. The first-order valence-corrected chi connectivity index (χ1v) is 7.81. The van der Waals surface area contributed by atoms with Crippen molar-refractivity contribution in [2.24, 2.45) is 10.9 Å². The number of nitrogens with zero attached hydrogens (tertiary/aromatic N) is 1. The summed E-state index contributed by atoms with van der Waals surface area (Å²) in [6, 6.07) is 5.48. The number of rotatable bonds is 8. The highest BCUT2D eigenvalue weighted by atomic mass is 32.2. The molecule has 0 bridgehead atoms. The maximum atomic E-state index is 11.3. The Morgan fingerprint density at radius 2 is 2.30 bits per heavy atom. The van der Waals surface area contributed by atoms with Crippen molar-refractivity contribution in [2.75, 3.05) is 25.2 Å². The molecule has 112 valence electrons. The maximum absolute atomic E-state index is 11.3. The van der Waals surface area contributed by atoms with Crippen molar-refractivity contribution in [1.82, 2.24) is 5.32 Å². The summed E-state index contributed by atoms with van der Waals surface area (Å²) in [6.07, 6.45) is 0. The number of amidine groups is 1. The Bertz CT molecular complexity index is 492. The fourth-order valence-corrected chi connectivity index (χ4v) is 2.34. The highest BCUT2D eigenvalue weighted by Crippen LogP contribution is 2.19. The van der Waals surface area contributed by atoms with Crippen LogP contribution in [0.15, 0.2) is 23.4 Å². The molecular weight excluding hydrogens is 278 g/mol. The number of nitrogens with two attached hydrogens (primary N) is 1. The van der Waals surface area contributed by atoms with Crippen LogP contribution >= 0.6 is 0 Å². The van der Waals surface area contributed by atoms with E-state index >= 15 is 0 Å². The minimum atomic E-state index is -0.758. The lowest BCUT2D eigenvalue weighted by Crippen LogP contribution is -2.21. The van der Waals surface area contributed by atoms with Crippen LogP contribution in [0.25, 0.3) is 0 Å². The SMILES string of the molecule is CCS(=O)CCNCc1ccc(OC)c(/C(N)=N/O)c1. The lowest BCUT2D eigenvalue weighted by molar-refractivity contribution is 0.318. The fraction of sp³-hybridized carbons (Fsp3) is 0.462. The van der Waals surface area contributed by atoms with Gasteiger partial charge in [0, 0.05) is 35.4 Å². The zero-order chi connectivity index (χ0) is 15.0. The average molecular weight is 299 g/mol. The molecule has 0 radical (unpaired) electrons. The van der Waals surface area contributed by atoms with Crippen LogP contribution in [-0.4, -0.2) is 40.4 Å². The molecule has 0 aliphatic carbocycles. The first kappa shape index (κ1) is 16.5. The summed E-state index contributed by atoms with van der Waals surface area (Å²) < 4.78 is 16.4. The molecule has 0 aliphatic heterocycles. The number of hydrogen-bond acceptors (Lipinski definition) is 5. The maximum Gasteiger partial charge on any atom is 0.173 e. The molecular formula is C13H21N3O3S. The summed E-state index contributed by atoms with van der Waals surface area (Å²) in [7, 11) is 0.771. The second-order valence-electron chi connectivity index (χ2n) is 4.13. The molecule has 20 heavy (non-hydrogen) atoms. The predicted molar refractivity (Wildman–Crippen MR) is 80.8 cm³/mol. The highest BCUT2D eigenvalue weighted by Gasteiger charge is 2.08. The van der Waals surface area contributed by atoms with Crippen molar-refractivity contribution < 1.29 is 14.2 Å². The summed E-state index contributed by atoms with van der Waals surface area (Å²) >= 11 is 0. The van der Waals surface area contributed by atoms with E-state index in [1.807, 2.05) is 13.0 Å². The van der Waals surface area contributed by atoms with Crippen LogP contribution in [0.2, 0.25) is 0 Å². The molecule has 1 unspecified atom stereocenters. The van der Waals surface area contributed by atoms with Crippen LogP contribution in [0.4, 0.5) is 0 Å². The van der Waals surface area contributed by atoms with E-state index in [2.05, 4.69) is 10.5 Å². The van der Waals surface area contributed by atoms with E-state index in [0.717, 1.165) is 5.56 Å². The van der Waals surface area contributed by atoms with Gasteiger partial charge in [-0.25, -0.2) is 0 Å². The van der Waals surface area contributed by atoms with Crippen LogP contribution in [-0.2, 0) is 17.3 Å². The number of oxime groups is 1. The van der Waals surface area contributed by atoms with Gasteiger partial charge in [-0.15, -0.1) is 0 Å². The van der Waals surface area contributed by atoms with E-state index in [9.17, 15) is 4.21 Å². The zero-order valence-corrected chi connectivity index (χ0v) is 12.6. The lowest BCUT2D eigenvalue weighted by atomic mass is 10.1. The molecule has 1 rings (SSSR count). The molecule has 0 spiro atoms. The van der Waals surface area contributed by atoms with Gasteiger partial charge in [0.15, 0.2) is 5.84 Å². The Labute approximate surface area is 121 Å². The van der Waals surface area contributed by atoms with E-state index in [1.54, 1.807) is 12.1 Å². The van der Waals surface area contributed by atoms with Crippen LogP contribution in [0, 0.1) is 0 Å². The molecule has 1 aromatic carbocycles. The van der Waals surface area contributed by atoms with E-state index in [-0.39, 0.29) is 5.84 Å². The van der Waals surface area contributed by atoms with Crippen molar-refractivity contribution >= 4 is 16.6 Å². The molecule has 0 amide bonds. The number of methoxy groups -OCH3 is 1. The topological polar surface area (TPSA) is 96.9 Å². The van der Waals surface area contributed by atoms with E-state index in [0.29, 0.717) is 35.9 Å². The van der Waals surface area contributed by atoms with E-state index in [1.165, 1.54) is 7.11 Å². The van der Waals surface area contributed by atoms with E-state index in [4.69, 9.17) is 15.7 Å². The lowest BCUT2D eigenvalue weighted by Gasteiger charge is -2.10. The summed E-state index contributed by atoms with van der Waals surface area (Å²) in [5.74, 6) is 1.88. The summed E-state index contributed by atoms with van der Waals surface area (Å²) in [6.45, 7) is 3.21. The van der Waals surface area contributed by atoms with Crippen molar-refractivity contribution in [3.63, 3.8) is 0 Å². The number of nitrogens with one attached hydrogen (secondary N) is 1. The second-order valence-corrected chi connectivity index (χ2v) is 5.99. The van der Waals surface area contributed by atoms with Gasteiger partial charge in [-0.3, -0.25) is 4.21 Å². The first-order chi connectivity index (χ1) is 9.62. The Hall–Kier alpha value is -1.60. The zero-order valence-electron chi connectivity index (χ0n) is 11.8.